The monoisotopic (exact) mass is 341 g/mol. The molecule has 24 heavy (non-hydrogen) atoms. The van der Waals surface area contributed by atoms with Crippen LogP contribution in [0.15, 0.2) is 28.8 Å². The van der Waals surface area contributed by atoms with E-state index in [0.717, 1.165) is 5.56 Å². The molecule has 0 radical (unpaired) electrons. The summed E-state index contributed by atoms with van der Waals surface area (Å²) >= 11 is 0. The molecule has 130 valence electrons. The van der Waals surface area contributed by atoms with E-state index in [1.54, 1.807) is 24.3 Å². The van der Waals surface area contributed by atoms with Crippen LogP contribution in [-0.4, -0.2) is 16.0 Å². The predicted molar refractivity (Wildman–Crippen MR) is 80.7 cm³/mol. The highest BCUT2D eigenvalue weighted by Gasteiger charge is 2.38. The molecule has 0 saturated heterocycles. The van der Waals surface area contributed by atoms with Gasteiger partial charge in [-0.1, -0.05) is 50.2 Å². The van der Waals surface area contributed by atoms with E-state index < -0.39 is 12.1 Å². The van der Waals surface area contributed by atoms with Gasteiger partial charge in [-0.25, -0.2) is 0 Å². The molecule has 0 saturated carbocycles. The number of halogens is 3. The van der Waals surface area contributed by atoms with Crippen molar-refractivity contribution in [3.05, 3.63) is 35.7 Å². The first-order valence-electron chi connectivity index (χ1n) is 7.31. The minimum Gasteiger partial charge on any atom is -0.352 e. The molecule has 0 aliphatic rings. The van der Waals surface area contributed by atoms with Crippen LogP contribution in [0.25, 0.3) is 11.4 Å². The summed E-state index contributed by atoms with van der Waals surface area (Å²) in [7, 11) is 0. The first kappa shape index (κ1) is 18.0. The molecule has 0 unspecified atom stereocenters. The molecular formula is C16H18F3N3O2. The number of hydrogen-bond donors (Lipinski definition) is 1. The van der Waals surface area contributed by atoms with Gasteiger partial charge < -0.3 is 9.84 Å². The average molecular weight is 341 g/mol. The van der Waals surface area contributed by atoms with Gasteiger partial charge in [0, 0.05) is 18.5 Å². The summed E-state index contributed by atoms with van der Waals surface area (Å²) in [4.78, 5) is 15.1. The number of nitrogens with one attached hydrogen (secondary N) is 1. The van der Waals surface area contributed by atoms with Crippen molar-refractivity contribution in [3.63, 3.8) is 0 Å². The molecule has 1 amide bonds. The number of alkyl halides is 3. The van der Waals surface area contributed by atoms with Gasteiger partial charge in [0.1, 0.15) is 0 Å². The molecule has 5 nitrogen and oxygen atoms in total. The lowest BCUT2D eigenvalue weighted by molar-refractivity contribution is -0.159. The number of nitrogens with zero attached hydrogens (tertiary/aromatic N) is 2. The molecule has 2 rings (SSSR count). The van der Waals surface area contributed by atoms with Gasteiger partial charge in [-0.05, 0) is 11.0 Å². The van der Waals surface area contributed by atoms with Crippen LogP contribution in [0.4, 0.5) is 13.2 Å². The van der Waals surface area contributed by atoms with Crippen molar-refractivity contribution in [2.24, 2.45) is 5.41 Å². The molecule has 1 heterocycles. The largest absolute Gasteiger partial charge is 0.471 e. The molecule has 1 N–H and O–H groups in total. The zero-order valence-electron chi connectivity index (χ0n) is 13.6. The second kappa shape index (κ2) is 6.62. The number of carbonyl (C=O) groups is 1. The summed E-state index contributed by atoms with van der Waals surface area (Å²) in [6, 6.07) is 6.54. The highest BCUT2D eigenvalue weighted by atomic mass is 19.4. The maximum absolute atomic E-state index is 12.4. The third kappa shape index (κ3) is 5.07. The van der Waals surface area contributed by atoms with Gasteiger partial charge in [0.15, 0.2) is 0 Å². The fourth-order valence-corrected chi connectivity index (χ4v) is 1.97. The SMILES string of the molecule is CC(C)(C)CC(=O)NCc1ccc(-c2noc(C(F)(F)F)n2)cc1. The van der Waals surface area contributed by atoms with Crippen molar-refractivity contribution < 1.29 is 22.5 Å². The van der Waals surface area contributed by atoms with Crippen LogP contribution in [0.5, 0.6) is 0 Å². The predicted octanol–water partition coefficient (Wildman–Crippen LogP) is 3.81. The van der Waals surface area contributed by atoms with Crippen molar-refractivity contribution in [1.29, 1.82) is 0 Å². The Bertz CT molecular complexity index is 701. The van der Waals surface area contributed by atoms with Crippen LogP contribution in [0, 0.1) is 5.41 Å². The quantitative estimate of drug-likeness (QED) is 0.918. The summed E-state index contributed by atoms with van der Waals surface area (Å²) in [6.07, 6.45) is -4.25. The summed E-state index contributed by atoms with van der Waals surface area (Å²) < 4.78 is 41.5. The van der Waals surface area contributed by atoms with E-state index in [1.807, 2.05) is 20.8 Å². The van der Waals surface area contributed by atoms with Gasteiger partial charge in [-0.15, -0.1) is 0 Å². The second-order valence-electron chi connectivity index (χ2n) is 6.63. The zero-order chi connectivity index (χ0) is 18.0. The molecule has 1 aromatic carbocycles. The highest BCUT2D eigenvalue weighted by Crippen LogP contribution is 2.29. The number of aromatic nitrogens is 2. The first-order chi connectivity index (χ1) is 11.0. The Balaban J connectivity index is 1.98. The van der Waals surface area contributed by atoms with Crippen LogP contribution in [0.3, 0.4) is 0 Å². The third-order valence-corrected chi connectivity index (χ3v) is 3.06. The topological polar surface area (TPSA) is 68.0 Å². The van der Waals surface area contributed by atoms with E-state index in [0.29, 0.717) is 18.5 Å². The third-order valence-electron chi connectivity index (χ3n) is 3.06. The molecule has 0 atom stereocenters. The van der Waals surface area contributed by atoms with E-state index in [9.17, 15) is 18.0 Å². The molecule has 1 aromatic heterocycles. The smallest absolute Gasteiger partial charge is 0.352 e. The molecular weight excluding hydrogens is 323 g/mol. The Morgan fingerprint density at radius 1 is 1.17 bits per heavy atom. The number of rotatable bonds is 4. The Kier molecular flexibility index (Phi) is 4.96. The lowest BCUT2D eigenvalue weighted by Crippen LogP contribution is -2.27. The van der Waals surface area contributed by atoms with E-state index in [1.165, 1.54) is 0 Å². The van der Waals surface area contributed by atoms with Gasteiger partial charge in [0.2, 0.25) is 11.7 Å². The van der Waals surface area contributed by atoms with E-state index in [4.69, 9.17) is 0 Å². The van der Waals surface area contributed by atoms with E-state index in [2.05, 4.69) is 20.0 Å². The number of carbonyl (C=O) groups excluding carboxylic acids is 1. The van der Waals surface area contributed by atoms with Crippen LogP contribution < -0.4 is 5.32 Å². The lowest BCUT2D eigenvalue weighted by Gasteiger charge is -2.17. The molecule has 2 aromatic rings. The normalized spacial score (nSPS) is 12.2. The van der Waals surface area contributed by atoms with Crippen molar-refractivity contribution in [3.8, 4) is 11.4 Å². The zero-order valence-corrected chi connectivity index (χ0v) is 13.6. The van der Waals surface area contributed by atoms with Gasteiger partial charge in [0.05, 0.1) is 0 Å². The van der Waals surface area contributed by atoms with Crippen LogP contribution in [0.1, 0.15) is 38.6 Å². The van der Waals surface area contributed by atoms with Crippen LogP contribution >= 0.6 is 0 Å². The van der Waals surface area contributed by atoms with Crippen LogP contribution in [-0.2, 0) is 17.5 Å². The Morgan fingerprint density at radius 2 is 1.79 bits per heavy atom. The van der Waals surface area contributed by atoms with Crippen molar-refractivity contribution in [2.45, 2.75) is 39.9 Å². The molecule has 0 aliphatic carbocycles. The minimum absolute atomic E-state index is 0.0560. The summed E-state index contributed by atoms with van der Waals surface area (Å²) in [5, 5.41) is 6.12. The number of amides is 1. The van der Waals surface area contributed by atoms with Gasteiger partial charge in [-0.3, -0.25) is 4.79 Å². The summed E-state index contributed by atoms with van der Waals surface area (Å²) in [5.74, 6) is -1.57. The maximum Gasteiger partial charge on any atom is 0.471 e. The first-order valence-corrected chi connectivity index (χ1v) is 7.31. The summed E-state index contributed by atoms with van der Waals surface area (Å²) in [5.41, 5.74) is 1.13. The van der Waals surface area contributed by atoms with Crippen LogP contribution in [0.2, 0.25) is 0 Å². The standard InChI is InChI=1S/C16H18F3N3O2/c1-15(2,3)8-12(23)20-9-10-4-6-11(7-5-10)13-21-14(24-22-13)16(17,18)19/h4-7H,8-9H2,1-3H3,(H,20,23). The van der Waals surface area contributed by atoms with Gasteiger partial charge in [-0.2, -0.15) is 18.2 Å². The Morgan fingerprint density at radius 3 is 2.29 bits per heavy atom. The number of benzene rings is 1. The van der Waals surface area contributed by atoms with E-state index in [-0.39, 0.29) is 17.1 Å². The second-order valence-corrected chi connectivity index (χ2v) is 6.63. The number of hydrogen-bond acceptors (Lipinski definition) is 4. The summed E-state index contributed by atoms with van der Waals surface area (Å²) in [6.45, 7) is 6.26. The molecule has 8 heteroatoms. The molecule has 0 bridgehead atoms. The van der Waals surface area contributed by atoms with E-state index >= 15 is 0 Å². The fourth-order valence-electron chi connectivity index (χ4n) is 1.97. The average Bonchev–Trinajstić information content (AvgIpc) is 2.93. The van der Waals surface area contributed by atoms with Crippen molar-refractivity contribution in [1.82, 2.24) is 15.5 Å². The Hall–Kier alpha value is -2.38. The van der Waals surface area contributed by atoms with Crippen molar-refractivity contribution in [2.75, 3.05) is 0 Å². The molecule has 0 spiro atoms. The Labute approximate surface area is 137 Å². The highest BCUT2D eigenvalue weighted by molar-refractivity contribution is 5.76. The van der Waals surface area contributed by atoms with Crippen molar-refractivity contribution >= 4 is 5.91 Å². The van der Waals surface area contributed by atoms with Gasteiger partial charge >= 0.3 is 12.1 Å². The molecule has 0 aliphatic heterocycles. The maximum atomic E-state index is 12.4. The van der Waals surface area contributed by atoms with Gasteiger partial charge in [0.25, 0.3) is 0 Å². The lowest BCUT2D eigenvalue weighted by atomic mass is 9.92. The minimum atomic E-state index is -4.66. The fraction of sp³-hybridized carbons (Fsp3) is 0.438. The molecule has 0 fully saturated rings.